The van der Waals surface area contributed by atoms with Gasteiger partial charge >= 0.3 is 0 Å². The summed E-state index contributed by atoms with van der Waals surface area (Å²) in [5.41, 5.74) is 0. The molecule has 1 aliphatic rings. The Balaban J connectivity index is 2.04. The van der Waals surface area contributed by atoms with E-state index in [4.69, 9.17) is 0 Å². The van der Waals surface area contributed by atoms with Gasteiger partial charge in [0, 0.05) is 31.8 Å². The van der Waals surface area contributed by atoms with E-state index in [1.807, 2.05) is 0 Å². The first-order valence-corrected chi connectivity index (χ1v) is 7.13. The number of rotatable bonds is 7. The van der Waals surface area contributed by atoms with Gasteiger partial charge in [0.1, 0.15) is 5.78 Å². The molecule has 0 unspecified atom stereocenters. The molecule has 0 spiro atoms. The highest BCUT2D eigenvalue weighted by Gasteiger charge is 2.20. The summed E-state index contributed by atoms with van der Waals surface area (Å²) in [6, 6.07) is 0. The van der Waals surface area contributed by atoms with Crippen LogP contribution in [-0.2, 0) is 14.4 Å². The van der Waals surface area contributed by atoms with Crippen molar-refractivity contribution in [3.63, 3.8) is 0 Å². The van der Waals surface area contributed by atoms with Crippen LogP contribution in [0.2, 0.25) is 0 Å². The number of ketones is 1. The molecule has 1 saturated carbocycles. The first-order chi connectivity index (χ1) is 9.09. The highest BCUT2D eigenvalue weighted by molar-refractivity contribution is 5.83. The van der Waals surface area contributed by atoms with Crippen LogP contribution < -0.4 is 10.6 Å². The van der Waals surface area contributed by atoms with Gasteiger partial charge in [0.2, 0.25) is 11.8 Å². The molecule has 108 valence electrons. The second kappa shape index (κ2) is 8.67. The van der Waals surface area contributed by atoms with Gasteiger partial charge in [-0.05, 0) is 19.8 Å². The molecule has 0 radical (unpaired) electrons. The van der Waals surface area contributed by atoms with Crippen molar-refractivity contribution in [1.82, 2.24) is 10.6 Å². The minimum absolute atomic E-state index is 0.0146. The van der Waals surface area contributed by atoms with Crippen LogP contribution in [0.1, 0.15) is 51.9 Å². The highest BCUT2D eigenvalue weighted by Crippen LogP contribution is 2.23. The number of nitrogens with one attached hydrogen (secondary N) is 2. The molecule has 5 nitrogen and oxygen atoms in total. The molecule has 19 heavy (non-hydrogen) atoms. The molecule has 0 aliphatic heterocycles. The van der Waals surface area contributed by atoms with E-state index in [-0.39, 0.29) is 36.4 Å². The first kappa shape index (κ1) is 15.7. The molecule has 2 N–H and O–H groups in total. The second-order valence-electron chi connectivity index (χ2n) is 5.18. The normalized spacial score (nSPS) is 15.8. The van der Waals surface area contributed by atoms with Gasteiger partial charge in [-0.1, -0.05) is 19.3 Å². The van der Waals surface area contributed by atoms with Crippen LogP contribution >= 0.6 is 0 Å². The zero-order valence-corrected chi connectivity index (χ0v) is 11.7. The Labute approximate surface area is 114 Å². The minimum atomic E-state index is -0.137. The van der Waals surface area contributed by atoms with Crippen LogP contribution in [-0.4, -0.2) is 30.7 Å². The summed E-state index contributed by atoms with van der Waals surface area (Å²) in [5.74, 6) is 0.141. The van der Waals surface area contributed by atoms with Gasteiger partial charge in [-0.25, -0.2) is 0 Å². The number of amides is 2. The zero-order valence-electron chi connectivity index (χ0n) is 11.7. The van der Waals surface area contributed by atoms with E-state index in [1.54, 1.807) is 0 Å². The van der Waals surface area contributed by atoms with Crippen molar-refractivity contribution in [3.05, 3.63) is 0 Å². The lowest BCUT2D eigenvalue weighted by atomic mass is 9.89. The first-order valence-electron chi connectivity index (χ1n) is 7.13. The van der Waals surface area contributed by atoms with E-state index in [1.165, 1.54) is 13.3 Å². The quantitative estimate of drug-likeness (QED) is 0.681. The molecule has 0 bridgehead atoms. The van der Waals surface area contributed by atoms with Gasteiger partial charge in [-0.15, -0.1) is 0 Å². The number of carbonyl (C=O) groups is 3. The lowest BCUT2D eigenvalue weighted by Crippen LogP contribution is -2.38. The molecule has 0 saturated heterocycles. The highest BCUT2D eigenvalue weighted by atomic mass is 16.2. The predicted octanol–water partition coefficient (Wildman–Crippen LogP) is 1.17. The van der Waals surface area contributed by atoms with E-state index in [0.717, 1.165) is 25.7 Å². The average molecular weight is 268 g/mol. The lowest BCUT2D eigenvalue weighted by molar-refractivity contribution is -0.126. The third-order valence-corrected chi connectivity index (χ3v) is 3.43. The monoisotopic (exact) mass is 268 g/mol. The molecule has 0 aromatic rings. The van der Waals surface area contributed by atoms with Crippen molar-refractivity contribution in [1.29, 1.82) is 0 Å². The summed E-state index contributed by atoms with van der Waals surface area (Å²) in [6.45, 7) is 2.36. The van der Waals surface area contributed by atoms with Gasteiger partial charge < -0.3 is 15.4 Å². The van der Waals surface area contributed by atoms with E-state index >= 15 is 0 Å². The summed E-state index contributed by atoms with van der Waals surface area (Å²) < 4.78 is 0. The molecule has 0 heterocycles. The Morgan fingerprint density at radius 3 is 2.21 bits per heavy atom. The van der Waals surface area contributed by atoms with Crippen LogP contribution in [0.5, 0.6) is 0 Å². The second-order valence-corrected chi connectivity index (χ2v) is 5.18. The van der Waals surface area contributed by atoms with E-state index < -0.39 is 0 Å². The molecule has 1 aliphatic carbocycles. The Bertz CT molecular complexity index is 323. The van der Waals surface area contributed by atoms with Crippen LogP contribution in [0.4, 0.5) is 0 Å². The molecule has 0 atom stereocenters. The molecule has 1 fully saturated rings. The Hall–Kier alpha value is -1.39. The van der Waals surface area contributed by atoms with E-state index in [0.29, 0.717) is 13.1 Å². The van der Waals surface area contributed by atoms with Crippen molar-refractivity contribution >= 4 is 17.6 Å². The van der Waals surface area contributed by atoms with Crippen molar-refractivity contribution in [2.24, 2.45) is 5.92 Å². The molecular formula is C14H24N2O3. The third-order valence-electron chi connectivity index (χ3n) is 3.43. The Morgan fingerprint density at radius 1 is 0.947 bits per heavy atom. The SMILES string of the molecule is CC(=O)CCC(=O)NCCNC(=O)C1CCCCC1. The topological polar surface area (TPSA) is 75.3 Å². The zero-order chi connectivity index (χ0) is 14.1. The van der Waals surface area contributed by atoms with Crippen molar-refractivity contribution < 1.29 is 14.4 Å². The molecule has 0 aromatic carbocycles. The standard InChI is InChI=1S/C14H24N2O3/c1-11(17)7-8-13(18)15-9-10-16-14(19)12-5-3-2-4-6-12/h12H,2-10H2,1H3,(H,15,18)(H,16,19). The van der Waals surface area contributed by atoms with Gasteiger partial charge in [-0.3, -0.25) is 9.59 Å². The fourth-order valence-electron chi connectivity index (χ4n) is 2.27. The molecule has 0 aromatic heterocycles. The summed E-state index contributed by atoms with van der Waals surface area (Å²) in [7, 11) is 0. The van der Waals surface area contributed by atoms with Crippen LogP contribution in [0.15, 0.2) is 0 Å². The Morgan fingerprint density at radius 2 is 1.58 bits per heavy atom. The maximum atomic E-state index is 11.8. The van der Waals surface area contributed by atoms with Gasteiger partial charge in [0.05, 0.1) is 0 Å². The predicted molar refractivity (Wildman–Crippen MR) is 72.5 cm³/mol. The number of Topliss-reactive ketones (excluding diaryl/α,β-unsaturated/α-hetero) is 1. The average Bonchev–Trinajstić information content (AvgIpc) is 2.42. The summed E-state index contributed by atoms with van der Waals surface area (Å²) >= 11 is 0. The maximum absolute atomic E-state index is 11.8. The lowest BCUT2D eigenvalue weighted by Gasteiger charge is -2.20. The van der Waals surface area contributed by atoms with Crippen LogP contribution in [0.3, 0.4) is 0 Å². The summed E-state index contributed by atoms with van der Waals surface area (Å²) in [5, 5.41) is 5.54. The number of hydrogen-bond acceptors (Lipinski definition) is 3. The largest absolute Gasteiger partial charge is 0.354 e. The number of hydrogen-bond donors (Lipinski definition) is 2. The van der Waals surface area contributed by atoms with Crippen molar-refractivity contribution in [3.8, 4) is 0 Å². The van der Waals surface area contributed by atoms with E-state index in [2.05, 4.69) is 10.6 Å². The molecular weight excluding hydrogens is 244 g/mol. The maximum Gasteiger partial charge on any atom is 0.223 e. The fourth-order valence-corrected chi connectivity index (χ4v) is 2.27. The third kappa shape index (κ3) is 6.94. The van der Waals surface area contributed by atoms with Crippen molar-refractivity contribution in [2.75, 3.05) is 13.1 Å². The van der Waals surface area contributed by atoms with Crippen molar-refractivity contribution in [2.45, 2.75) is 51.9 Å². The summed E-state index contributed by atoms with van der Waals surface area (Å²) in [6.07, 6.45) is 5.98. The van der Waals surface area contributed by atoms with Crippen LogP contribution in [0.25, 0.3) is 0 Å². The van der Waals surface area contributed by atoms with Crippen LogP contribution in [0, 0.1) is 5.92 Å². The molecule has 1 rings (SSSR count). The van der Waals surface area contributed by atoms with Gasteiger partial charge in [0.25, 0.3) is 0 Å². The molecule has 5 heteroatoms. The Kier molecular flexibility index (Phi) is 7.15. The van der Waals surface area contributed by atoms with E-state index in [9.17, 15) is 14.4 Å². The molecule has 2 amide bonds. The minimum Gasteiger partial charge on any atom is -0.354 e. The summed E-state index contributed by atoms with van der Waals surface area (Å²) in [4.78, 5) is 33.8. The fraction of sp³-hybridized carbons (Fsp3) is 0.786. The smallest absolute Gasteiger partial charge is 0.223 e. The van der Waals surface area contributed by atoms with Gasteiger partial charge in [0.15, 0.2) is 0 Å². The number of carbonyl (C=O) groups excluding carboxylic acids is 3. The van der Waals surface area contributed by atoms with Gasteiger partial charge in [-0.2, -0.15) is 0 Å².